The number of nitrogens with one attached hydrogen (secondary N) is 3. The zero-order chi connectivity index (χ0) is 33.0. The van der Waals surface area contributed by atoms with Crippen LogP contribution in [0, 0.1) is 5.82 Å². The van der Waals surface area contributed by atoms with Gasteiger partial charge in [0.2, 0.25) is 5.91 Å². The molecule has 7 nitrogen and oxygen atoms in total. The number of amides is 3. The van der Waals surface area contributed by atoms with Gasteiger partial charge in [-0.15, -0.1) is 11.8 Å². The normalized spacial score (nSPS) is 11.7. The lowest BCUT2D eigenvalue weighted by Crippen LogP contribution is -2.30. The summed E-state index contributed by atoms with van der Waals surface area (Å²) >= 11 is 1.32. The van der Waals surface area contributed by atoms with Crippen molar-refractivity contribution in [3.63, 3.8) is 0 Å². The summed E-state index contributed by atoms with van der Waals surface area (Å²) in [5.74, 6) is -1.21. The van der Waals surface area contributed by atoms with Crippen LogP contribution in [-0.2, 0) is 9.59 Å². The van der Waals surface area contributed by atoms with Crippen molar-refractivity contribution in [3.8, 4) is 5.75 Å². The van der Waals surface area contributed by atoms with E-state index in [1.54, 1.807) is 84.9 Å². The number of benzene rings is 5. The summed E-state index contributed by atoms with van der Waals surface area (Å²) in [6.07, 6.45) is 1.29. The number of thioether (sulfide) groups is 1. The monoisotopic (exact) mass is 645 g/mol. The van der Waals surface area contributed by atoms with E-state index in [9.17, 15) is 18.8 Å². The Morgan fingerprint density at radius 1 is 0.766 bits per heavy atom. The zero-order valence-corrected chi connectivity index (χ0v) is 26.3. The van der Waals surface area contributed by atoms with Gasteiger partial charge in [0.25, 0.3) is 11.8 Å². The van der Waals surface area contributed by atoms with Crippen molar-refractivity contribution in [2.75, 3.05) is 17.2 Å². The predicted molar refractivity (Wildman–Crippen MR) is 185 cm³/mol. The van der Waals surface area contributed by atoms with Crippen molar-refractivity contribution >= 4 is 46.9 Å². The van der Waals surface area contributed by atoms with Gasteiger partial charge >= 0.3 is 0 Å². The molecular formula is C38H32FN3O4S. The average molecular weight is 646 g/mol. The third-order valence-corrected chi connectivity index (χ3v) is 8.10. The molecule has 0 heterocycles. The van der Waals surface area contributed by atoms with Crippen molar-refractivity contribution in [1.29, 1.82) is 0 Å². The van der Waals surface area contributed by atoms with Crippen LogP contribution in [-0.4, -0.2) is 24.3 Å². The molecule has 47 heavy (non-hydrogen) atoms. The fourth-order valence-electron chi connectivity index (χ4n) is 4.58. The Balaban J connectivity index is 1.36. The van der Waals surface area contributed by atoms with Gasteiger partial charge in [0.15, 0.2) is 0 Å². The second-order valence-corrected chi connectivity index (χ2v) is 11.4. The van der Waals surface area contributed by atoms with Gasteiger partial charge in [0.1, 0.15) is 22.5 Å². The second kappa shape index (κ2) is 16.1. The van der Waals surface area contributed by atoms with Crippen molar-refractivity contribution in [3.05, 3.63) is 162 Å². The first kappa shape index (κ1) is 32.7. The molecule has 236 valence electrons. The highest BCUT2D eigenvalue weighted by Gasteiger charge is 2.23. The van der Waals surface area contributed by atoms with E-state index in [2.05, 4.69) is 16.0 Å². The molecule has 3 amide bonds. The van der Waals surface area contributed by atoms with Crippen LogP contribution in [0.5, 0.6) is 5.75 Å². The van der Waals surface area contributed by atoms with Crippen LogP contribution in [0.15, 0.2) is 144 Å². The maximum Gasteiger partial charge on any atom is 0.272 e. The standard InChI is InChI=1S/C38H32FN3O4S/c1-2-46-31-22-20-29(21-23-31)40-38(45)35(26-12-5-3-6-13-26)47-32-18-11-17-30(25-32)41-37(44)34(24-28-16-9-10-19-33(28)39)42-36(43)27-14-7-4-8-15-27/h3-25,35H,2H2,1H3,(H,40,45)(H,41,44)(H,42,43)/b34-24-. The van der Waals surface area contributed by atoms with E-state index < -0.39 is 22.9 Å². The van der Waals surface area contributed by atoms with Crippen LogP contribution in [0.4, 0.5) is 15.8 Å². The Morgan fingerprint density at radius 2 is 1.45 bits per heavy atom. The Morgan fingerprint density at radius 3 is 2.15 bits per heavy atom. The minimum atomic E-state index is -0.646. The lowest BCUT2D eigenvalue weighted by atomic mass is 10.1. The number of carbonyl (C=O) groups is 3. The van der Waals surface area contributed by atoms with E-state index in [1.165, 1.54) is 30.0 Å². The van der Waals surface area contributed by atoms with E-state index in [1.807, 2.05) is 43.3 Å². The molecule has 0 bridgehead atoms. The first-order valence-corrected chi connectivity index (χ1v) is 15.8. The molecule has 1 unspecified atom stereocenters. The summed E-state index contributed by atoms with van der Waals surface area (Å²) in [6, 6.07) is 38.0. The van der Waals surface area contributed by atoms with Gasteiger partial charge in [-0.2, -0.15) is 0 Å². The SMILES string of the molecule is CCOc1ccc(NC(=O)C(Sc2cccc(NC(=O)/C(=C/c3ccccc3F)NC(=O)c3ccccc3)c2)c2ccccc2)cc1. The predicted octanol–water partition coefficient (Wildman–Crippen LogP) is 8.11. The second-order valence-electron chi connectivity index (χ2n) is 10.2. The van der Waals surface area contributed by atoms with Crippen molar-refractivity contribution in [2.24, 2.45) is 0 Å². The lowest BCUT2D eigenvalue weighted by Gasteiger charge is -2.18. The Hall–Kier alpha value is -5.67. The fourth-order valence-corrected chi connectivity index (χ4v) is 5.66. The summed E-state index contributed by atoms with van der Waals surface area (Å²) in [7, 11) is 0. The molecule has 0 spiro atoms. The van der Waals surface area contributed by atoms with Crippen molar-refractivity contribution in [2.45, 2.75) is 17.1 Å². The third-order valence-electron chi connectivity index (χ3n) is 6.85. The minimum absolute atomic E-state index is 0.138. The van der Waals surface area contributed by atoms with Gasteiger partial charge < -0.3 is 20.7 Å². The Bertz CT molecular complexity index is 1870. The summed E-state index contributed by atoms with van der Waals surface area (Å²) in [4.78, 5) is 40.8. The molecule has 3 N–H and O–H groups in total. The molecule has 5 rings (SSSR count). The molecule has 5 aromatic carbocycles. The summed E-state index contributed by atoms with van der Waals surface area (Å²) in [5, 5.41) is 7.80. The summed E-state index contributed by atoms with van der Waals surface area (Å²) in [6.45, 7) is 2.45. The van der Waals surface area contributed by atoms with Crippen LogP contribution in [0.2, 0.25) is 0 Å². The molecule has 0 aliphatic heterocycles. The van der Waals surface area contributed by atoms with Crippen molar-refractivity contribution in [1.82, 2.24) is 5.32 Å². The highest BCUT2D eigenvalue weighted by atomic mass is 32.2. The molecule has 0 saturated carbocycles. The van der Waals surface area contributed by atoms with E-state index in [0.717, 1.165) is 5.56 Å². The zero-order valence-electron chi connectivity index (χ0n) is 25.5. The van der Waals surface area contributed by atoms with Crippen LogP contribution in [0.3, 0.4) is 0 Å². The minimum Gasteiger partial charge on any atom is -0.494 e. The Labute approximate surface area is 276 Å². The van der Waals surface area contributed by atoms with Gasteiger partial charge in [-0.3, -0.25) is 14.4 Å². The number of ether oxygens (including phenoxy) is 1. The first-order valence-electron chi connectivity index (χ1n) is 14.9. The van der Waals surface area contributed by atoms with E-state index in [-0.39, 0.29) is 17.2 Å². The summed E-state index contributed by atoms with van der Waals surface area (Å²) in [5.41, 5.74) is 2.20. The lowest BCUT2D eigenvalue weighted by molar-refractivity contribution is -0.116. The molecular weight excluding hydrogens is 614 g/mol. The molecule has 0 aromatic heterocycles. The van der Waals surface area contributed by atoms with Crippen LogP contribution in [0.25, 0.3) is 6.08 Å². The smallest absolute Gasteiger partial charge is 0.272 e. The number of rotatable bonds is 12. The molecule has 0 saturated heterocycles. The maximum absolute atomic E-state index is 14.5. The first-order chi connectivity index (χ1) is 22.9. The van der Waals surface area contributed by atoms with Gasteiger partial charge in [0.05, 0.1) is 6.61 Å². The molecule has 0 aliphatic carbocycles. The molecule has 1 atom stereocenters. The van der Waals surface area contributed by atoms with Crippen molar-refractivity contribution < 1.29 is 23.5 Å². The Kier molecular flexibility index (Phi) is 11.2. The van der Waals surface area contributed by atoms with E-state index >= 15 is 0 Å². The third kappa shape index (κ3) is 9.18. The summed E-state index contributed by atoms with van der Waals surface area (Å²) < 4.78 is 20.0. The largest absolute Gasteiger partial charge is 0.494 e. The molecule has 0 aliphatic rings. The average Bonchev–Trinajstić information content (AvgIpc) is 3.09. The number of hydrogen-bond acceptors (Lipinski definition) is 5. The highest BCUT2D eigenvalue weighted by Crippen LogP contribution is 2.37. The quantitative estimate of drug-likeness (QED) is 0.0941. The number of anilines is 2. The molecule has 0 radical (unpaired) electrons. The van der Waals surface area contributed by atoms with Crippen LogP contribution >= 0.6 is 11.8 Å². The fraction of sp³-hybridized carbons (Fsp3) is 0.0789. The van der Waals surface area contributed by atoms with E-state index in [4.69, 9.17) is 4.74 Å². The topological polar surface area (TPSA) is 96.5 Å². The molecule has 5 aromatic rings. The van der Waals surface area contributed by atoms with E-state index in [0.29, 0.717) is 34.2 Å². The van der Waals surface area contributed by atoms with Crippen LogP contribution in [0.1, 0.15) is 33.7 Å². The highest BCUT2D eigenvalue weighted by molar-refractivity contribution is 8.00. The van der Waals surface area contributed by atoms with Gasteiger partial charge in [-0.25, -0.2) is 4.39 Å². The molecule has 9 heteroatoms. The maximum atomic E-state index is 14.5. The van der Waals surface area contributed by atoms with Crippen LogP contribution < -0.4 is 20.7 Å². The van der Waals surface area contributed by atoms with Gasteiger partial charge in [-0.05, 0) is 79.2 Å². The van der Waals surface area contributed by atoms with Gasteiger partial charge in [0, 0.05) is 27.4 Å². The number of hydrogen-bond donors (Lipinski definition) is 3. The van der Waals surface area contributed by atoms with Gasteiger partial charge in [-0.1, -0.05) is 72.8 Å². The molecule has 0 fully saturated rings. The number of halogens is 1. The number of carbonyl (C=O) groups excluding carboxylic acids is 3.